The van der Waals surface area contributed by atoms with Gasteiger partial charge in [0.15, 0.2) is 0 Å². The standard InChI is InChI=1S/C20H26N4O3/c1-23(20(25)22-14-17-5-8-19(26-2)21-13-17)15-16-3-6-18(7-4-16)24-9-11-27-12-10-24/h3-8,13H,9-12,14-15H2,1-2H3,(H,22,25). The first-order chi connectivity index (χ1) is 13.2. The molecule has 0 unspecified atom stereocenters. The number of nitrogens with one attached hydrogen (secondary N) is 1. The van der Waals surface area contributed by atoms with Gasteiger partial charge in [0.1, 0.15) is 0 Å². The first kappa shape index (κ1) is 19.0. The van der Waals surface area contributed by atoms with Crippen molar-refractivity contribution < 1.29 is 14.3 Å². The van der Waals surface area contributed by atoms with E-state index in [9.17, 15) is 4.79 Å². The molecule has 1 fully saturated rings. The van der Waals surface area contributed by atoms with Crippen LogP contribution < -0.4 is 15.0 Å². The van der Waals surface area contributed by atoms with E-state index in [0.29, 0.717) is 19.0 Å². The molecule has 0 spiro atoms. The van der Waals surface area contributed by atoms with Crippen molar-refractivity contribution >= 4 is 11.7 Å². The third-order valence-electron chi connectivity index (χ3n) is 4.53. The fraction of sp³-hybridized carbons (Fsp3) is 0.400. The molecule has 1 aromatic carbocycles. The Morgan fingerprint density at radius 3 is 2.52 bits per heavy atom. The lowest BCUT2D eigenvalue weighted by atomic mass is 10.2. The van der Waals surface area contributed by atoms with E-state index < -0.39 is 0 Å². The van der Waals surface area contributed by atoms with Gasteiger partial charge in [0.05, 0.1) is 20.3 Å². The average Bonchev–Trinajstić information content (AvgIpc) is 2.73. The lowest BCUT2D eigenvalue weighted by Crippen LogP contribution is -2.36. The van der Waals surface area contributed by atoms with Gasteiger partial charge in [-0.15, -0.1) is 0 Å². The Hall–Kier alpha value is -2.80. The van der Waals surface area contributed by atoms with Crippen LogP contribution in [0.4, 0.5) is 10.5 Å². The molecule has 2 aromatic rings. The predicted octanol–water partition coefficient (Wildman–Crippen LogP) is 2.27. The van der Waals surface area contributed by atoms with Crippen LogP contribution in [0.2, 0.25) is 0 Å². The summed E-state index contributed by atoms with van der Waals surface area (Å²) in [5, 5.41) is 2.90. The van der Waals surface area contributed by atoms with E-state index in [1.807, 2.05) is 6.07 Å². The molecule has 0 saturated carbocycles. The molecule has 0 atom stereocenters. The van der Waals surface area contributed by atoms with E-state index in [-0.39, 0.29) is 6.03 Å². The lowest BCUT2D eigenvalue weighted by Gasteiger charge is -2.29. The van der Waals surface area contributed by atoms with Gasteiger partial charge in [-0.2, -0.15) is 0 Å². The predicted molar refractivity (Wildman–Crippen MR) is 104 cm³/mol. The van der Waals surface area contributed by atoms with E-state index in [4.69, 9.17) is 9.47 Å². The third-order valence-corrected chi connectivity index (χ3v) is 4.53. The van der Waals surface area contributed by atoms with Crippen molar-refractivity contribution in [3.8, 4) is 5.88 Å². The molecule has 0 bridgehead atoms. The minimum Gasteiger partial charge on any atom is -0.481 e. The van der Waals surface area contributed by atoms with Gasteiger partial charge in [0, 0.05) is 51.2 Å². The lowest BCUT2D eigenvalue weighted by molar-refractivity contribution is 0.122. The van der Waals surface area contributed by atoms with E-state index in [1.165, 1.54) is 5.69 Å². The van der Waals surface area contributed by atoms with Crippen LogP contribution in [-0.2, 0) is 17.8 Å². The summed E-state index contributed by atoms with van der Waals surface area (Å²) in [6, 6.07) is 11.9. The Kier molecular flexibility index (Phi) is 6.49. The molecule has 1 aliphatic rings. The molecule has 1 saturated heterocycles. The van der Waals surface area contributed by atoms with Crippen molar-refractivity contribution in [3.63, 3.8) is 0 Å². The minimum atomic E-state index is -0.122. The summed E-state index contributed by atoms with van der Waals surface area (Å²) in [6.45, 7) is 4.36. The zero-order valence-electron chi connectivity index (χ0n) is 15.9. The van der Waals surface area contributed by atoms with Crippen molar-refractivity contribution in [2.45, 2.75) is 13.1 Å². The highest BCUT2D eigenvalue weighted by Crippen LogP contribution is 2.17. The molecule has 3 rings (SSSR count). The van der Waals surface area contributed by atoms with Crippen LogP contribution in [0.1, 0.15) is 11.1 Å². The largest absolute Gasteiger partial charge is 0.481 e. The highest BCUT2D eigenvalue weighted by molar-refractivity contribution is 5.73. The first-order valence-electron chi connectivity index (χ1n) is 9.05. The van der Waals surface area contributed by atoms with E-state index in [1.54, 1.807) is 31.3 Å². The van der Waals surface area contributed by atoms with Gasteiger partial charge in [-0.3, -0.25) is 0 Å². The number of benzene rings is 1. The maximum absolute atomic E-state index is 12.3. The number of nitrogens with zero attached hydrogens (tertiary/aromatic N) is 3. The Labute approximate surface area is 159 Å². The zero-order chi connectivity index (χ0) is 19.1. The number of hydrogen-bond donors (Lipinski definition) is 1. The van der Waals surface area contributed by atoms with Crippen LogP contribution >= 0.6 is 0 Å². The molecular formula is C20H26N4O3. The maximum atomic E-state index is 12.3. The zero-order valence-corrected chi connectivity index (χ0v) is 15.9. The molecule has 7 nitrogen and oxygen atoms in total. The number of urea groups is 1. The Morgan fingerprint density at radius 1 is 1.19 bits per heavy atom. The molecule has 27 heavy (non-hydrogen) atoms. The molecule has 144 valence electrons. The average molecular weight is 370 g/mol. The number of ether oxygens (including phenoxy) is 2. The number of carbonyl (C=O) groups is 1. The minimum absolute atomic E-state index is 0.122. The second kappa shape index (κ2) is 9.23. The smallest absolute Gasteiger partial charge is 0.317 e. The molecule has 1 aliphatic heterocycles. The normalized spacial score (nSPS) is 13.9. The summed E-state index contributed by atoms with van der Waals surface area (Å²) in [4.78, 5) is 20.4. The highest BCUT2D eigenvalue weighted by atomic mass is 16.5. The Balaban J connectivity index is 1.48. The molecular weight excluding hydrogens is 344 g/mol. The maximum Gasteiger partial charge on any atom is 0.317 e. The second-order valence-corrected chi connectivity index (χ2v) is 6.49. The van der Waals surface area contributed by atoms with Gasteiger partial charge in [-0.05, 0) is 23.3 Å². The van der Waals surface area contributed by atoms with Crippen molar-refractivity contribution in [3.05, 3.63) is 53.7 Å². The van der Waals surface area contributed by atoms with Crippen molar-refractivity contribution in [2.24, 2.45) is 0 Å². The molecule has 1 N–H and O–H groups in total. The van der Waals surface area contributed by atoms with Gasteiger partial charge in [0.25, 0.3) is 0 Å². The van der Waals surface area contributed by atoms with Gasteiger partial charge in [-0.25, -0.2) is 9.78 Å². The number of hydrogen-bond acceptors (Lipinski definition) is 5. The van der Waals surface area contributed by atoms with Crippen molar-refractivity contribution in [2.75, 3.05) is 45.4 Å². The summed E-state index contributed by atoms with van der Waals surface area (Å²) in [5.74, 6) is 0.558. The summed E-state index contributed by atoms with van der Waals surface area (Å²) in [7, 11) is 3.36. The number of anilines is 1. The van der Waals surface area contributed by atoms with E-state index in [0.717, 1.165) is 37.4 Å². The number of carbonyl (C=O) groups excluding carboxylic acids is 1. The molecule has 2 heterocycles. The molecule has 7 heteroatoms. The summed E-state index contributed by atoms with van der Waals surface area (Å²) in [6.07, 6.45) is 1.70. The van der Waals surface area contributed by atoms with Crippen LogP contribution in [0.5, 0.6) is 5.88 Å². The molecule has 2 amide bonds. The molecule has 0 radical (unpaired) electrons. The number of morpholine rings is 1. The highest BCUT2D eigenvalue weighted by Gasteiger charge is 2.12. The van der Waals surface area contributed by atoms with Crippen LogP contribution in [0.3, 0.4) is 0 Å². The topological polar surface area (TPSA) is 66.9 Å². The second-order valence-electron chi connectivity index (χ2n) is 6.49. The van der Waals surface area contributed by atoms with Crippen LogP contribution in [0, 0.1) is 0 Å². The summed E-state index contributed by atoms with van der Waals surface area (Å²) in [5.41, 5.74) is 3.21. The monoisotopic (exact) mass is 370 g/mol. The van der Waals surface area contributed by atoms with Gasteiger partial charge in [0.2, 0.25) is 5.88 Å². The van der Waals surface area contributed by atoms with Crippen molar-refractivity contribution in [1.82, 2.24) is 15.2 Å². The number of pyridine rings is 1. The Bertz CT molecular complexity index is 728. The molecule has 1 aromatic heterocycles. The van der Waals surface area contributed by atoms with Crippen LogP contribution in [0.25, 0.3) is 0 Å². The summed E-state index contributed by atoms with van der Waals surface area (Å²) < 4.78 is 10.4. The quantitative estimate of drug-likeness (QED) is 0.845. The fourth-order valence-electron chi connectivity index (χ4n) is 2.93. The molecule has 0 aliphatic carbocycles. The first-order valence-corrected chi connectivity index (χ1v) is 9.05. The Morgan fingerprint density at radius 2 is 1.89 bits per heavy atom. The van der Waals surface area contributed by atoms with E-state index >= 15 is 0 Å². The SMILES string of the molecule is COc1ccc(CNC(=O)N(C)Cc2ccc(N3CCOCC3)cc2)cn1. The van der Waals surface area contributed by atoms with E-state index in [2.05, 4.69) is 39.5 Å². The number of amides is 2. The van der Waals surface area contributed by atoms with Gasteiger partial charge < -0.3 is 24.6 Å². The third kappa shape index (κ3) is 5.34. The van der Waals surface area contributed by atoms with Crippen LogP contribution in [-0.4, -0.2) is 56.4 Å². The number of aromatic nitrogens is 1. The number of methoxy groups -OCH3 is 1. The van der Waals surface area contributed by atoms with Gasteiger partial charge >= 0.3 is 6.03 Å². The summed E-state index contributed by atoms with van der Waals surface area (Å²) >= 11 is 0. The van der Waals surface area contributed by atoms with Crippen molar-refractivity contribution in [1.29, 1.82) is 0 Å². The van der Waals surface area contributed by atoms with Crippen LogP contribution in [0.15, 0.2) is 42.6 Å². The fourth-order valence-corrected chi connectivity index (χ4v) is 2.93. The van der Waals surface area contributed by atoms with Gasteiger partial charge in [-0.1, -0.05) is 18.2 Å². The number of rotatable bonds is 6.